The van der Waals surface area contributed by atoms with Gasteiger partial charge in [0.2, 0.25) is 12.7 Å². The second-order valence-electron chi connectivity index (χ2n) is 7.54. The predicted molar refractivity (Wildman–Crippen MR) is 116 cm³/mol. The molecule has 0 spiro atoms. The second-order valence-corrected chi connectivity index (χ2v) is 8.63. The summed E-state index contributed by atoms with van der Waals surface area (Å²) >= 11 is 1.12. The summed E-state index contributed by atoms with van der Waals surface area (Å²) in [6, 6.07) is 19.7. The first-order valence-corrected chi connectivity index (χ1v) is 10.7. The number of rotatable bonds is 4. The van der Waals surface area contributed by atoms with E-state index in [4.69, 9.17) is 14.2 Å². The number of nitrogens with zero attached hydrogens (tertiary/aromatic N) is 1. The number of carbonyl (C=O) groups is 2. The molecule has 0 aromatic heterocycles. The molecule has 4 aliphatic heterocycles. The third-order valence-corrected chi connectivity index (χ3v) is 7.04. The maximum atomic E-state index is 11.9. The number of fused-ring (bicyclic) bond motifs is 2. The number of para-hydroxylation sites is 1. The van der Waals surface area contributed by atoms with E-state index in [1.165, 1.54) is 4.90 Å². The summed E-state index contributed by atoms with van der Waals surface area (Å²) in [7, 11) is 1.65. The van der Waals surface area contributed by atoms with Gasteiger partial charge in [-0.05, 0) is 46.7 Å². The van der Waals surface area contributed by atoms with Crippen molar-refractivity contribution in [1.82, 2.24) is 4.90 Å². The number of hydrogen-bond donors (Lipinski definition) is 0. The minimum absolute atomic E-state index is 0.0821. The average Bonchev–Trinajstić information content (AvgIpc) is 3.50. The molecule has 0 radical (unpaired) electrons. The Labute approximate surface area is 182 Å². The van der Waals surface area contributed by atoms with Gasteiger partial charge < -0.3 is 14.2 Å². The number of benzene rings is 3. The predicted octanol–water partition coefficient (Wildman–Crippen LogP) is 4.88. The number of methoxy groups -OCH3 is 1. The van der Waals surface area contributed by atoms with E-state index in [-0.39, 0.29) is 29.2 Å². The molecule has 7 heteroatoms. The van der Waals surface area contributed by atoms with Gasteiger partial charge in [0, 0.05) is 11.1 Å². The zero-order valence-corrected chi connectivity index (χ0v) is 17.3. The fraction of sp³-hybridized carbons (Fsp3) is 0.167. The van der Waals surface area contributed by atoms with E-state index in [0.717, 1.165) is 45.3 Å². The molecule has 4 heterocycles. The largest absolute Gasteiger partial charge is 0.496 e. The number of hydrogen-bond acceptors (Lipinski definition) is 6. The second kappa shape index (κ2) is 6.78. The van der Waals surface area contributed by atoms with Crippen molar-refractivity contribution in [2.24, 2.45) is 0 Å². The highest BCUT2D eigenvalue weighted by molar-refractivity contribution is 8.15. The van der Waals surface area contributed by atoms with E-state index >= 15 is 0 Å². The molecule has 3 fully saturated rings. The van der Waals surface area contributed by atoms with Crippen LogP contribution in [0.4, 0.5) is 4.79 Å². The smallest absolute Gasteiger partial charge is 0.289 e. The van der Waals surface area contributed by atoms with Gasteiger partial charge in [0.05, 0.1) is 13.2 Å². The molecule has 7 rings (SSSR count). The fourth-order valence-electron chi connectivity index (χ4n) is 4.39. The maximum absolute atomic E-state index is 11.9. The van der Waals surface area contributed by atoms with Gasteiger partial charge in [-0.15, -0.1) is 0 Å². The molecule has 2 amide bonds. The van der Waals surface area contributed by atoms with Crippen LogP contribution in [0.3, 0.4) is 0 Å². The van der Waals surface area contributed by atoms with Crippen molar-refractivity contribution in [3.8, 4) is 39.5 Å². The monoisotopic (exact) mass is 431 g/mol. The number of β-lactam (4-membered cyclic amide) rings is 1. The first kappa shape index (κ1) is 18.3. The number of carbonyl (C=O) groups excluding carboxylic acids is 2. The summed E-state index contributed by atoms with van der Waals surface area (Å²) in [5.74, 6) is 2.08. The first-order valence-electron chi connectivity index (χ1n) is 9.87. The van der Waals surface area contributed by atoms with Gasteiger partial charge in [0.1, 0.15) is 11.0 Å². The fourth-order valence-corrected chi connectivity index (χ4v) is 5.54. The van der Waals surface area contributed by atoms with E-state index in [9.17, 15) is 9.59 Å². The molecule has 3 saturated heterocycles. The van der Waals surface area contributed by atoms with Crippen LogP contribution in [0.5, 0.6) is 17.2 Å². The van der Waals surface area contributed by atoms with Crippen LogP contribution < -0.4 is 14.2 Å². The molecule has 0 aliphatic carbocycles. The van der Waals surface area contributed by atoms with Crippen LogP contribution in [0.15, 0.2) is 60.7 Å². The lowest BCUT2D eigenvalue weighted by Gasteiger charge is -2.35. The Morgan fingerprint density at radius 3 is 2.48 bits per heavy atom. The normalized spacial score (nSPS) is 20.7. The molecule has 2 atom stereocenters. The highest BCUT2D eigenvalue weighted by Gasteiger charge is 2.59. The van der Waals surface area contributed by atoms with Crippen molar-refractivity contribution < 1.29 is 23.8 Å². The Kier molecular flexibility index (Phi) is 4.01. The Balaban J connectivity index is 1.39. The van der Waals surface area contributed by atoms with Crippen LogP contribution in [0.25, 0.3) is 22.3 Å². The molecule has 6 nitrogen and oxygen atoms in total. The lowest BCUT2D eigenvalue weighted by atomic mass is 9.92. The van der Waals surface area contributed by atoms with Gasteiger partial charge in [-0.25, -0.2) is 0 Å². The molecule has 3 aromatic carbocycles. The number of ether oxygens (including phenoxy) is 3. The van der Waals surface area contributed by atoms with Gasteiger partial charge in [-0.2, -0.15) is 0 Å². The van der Waals surface area contributed by atoms with Crippen LogP contribution in [0, 0.1) is 0 Å². The third-order valence-electron chi connectivity index (χ3n) is 5.93. The van der Waals surface area contributed by atoms with Gasteiger partial charge in [0.25, 0.3) is 5.24 Å². The molecule has 4 aliphatic rings. The molecular weight excluding hydrogens is 414 g/mol. The van der Waals surface area contributed by atoms with Crippen molar-refractivity contribution in [2.75, 3.05) is 13.9 Å². The van der Waals surface area contributed by atoms with E-state index in [1.807, 2.05) is 54.6 Å². The minimum atomic E-state index is -0.277. The standard InChI is InChI=1S/C24H17NO5S/c1-28-18-5-3-2-4-16(18)17-10-15(11-19-21(17)30-12-29-19)13-6-8-14(9-7-13)20-22-23(26)25(20)24(27)31-22/h2-11,20,22H,12H2,1H3. The summed E-state index contributed by atoms with van der Waals surface area (Å²) in [6.45, 7) is 0.179. The van der Waals surface area contributed by atoms with E-state index in [2.05, 4.69) is 6.07 Å². The molecule has 0 saturated carbocycles. The molecule has 154 valence electrons. The van der Waals surface area contributed by atoms with E-state index in [0.29, 0.717) is 11.5 Å². The quantitative estimate of drug-likeness (QED) is 0.549. The number of thioether (sulfide) groups is 1. The summed E-state index contributed by atoms with van der Waals surface area (Å²) < 4.78 is 17.0. The summed E-state index contributed by atoms with van der Waals surface area (Å²) in [6.07, 6.45) is 0. The minimum Gasteiger partial charge on any atom is -0.496 e. The molecule has 31 heavy (non-hydrogen) atoms. The van der Waals surface area contributed by atoms with Gasteiger partial charge in [-0.1, -0.05) is 42.5 Å². The highest BCUT2D eigenvalue weighted by Crippen LogP contribution is 2.52. The molecule has 3 aromatic rings. The van der Waals surface area contributed by atoms with Crippen molar-refractivity contribution in [1.29, 1.82) is 0 Å². The summed E-state index contributed by atoms with van der Waals surface area (Å²) in [5.41, 5.74) is 4.79. The van der Waals surface area contributed by atoms with E-state index < -0.39 is 0 Å². The van der Waals surface area contributed by atoms with Crippen molar-refractivity contribution in [3.63, 3.8) is 0 Å². The zero-order valence-electron chi connectivity index (χ0n) is 16.5. The lowest BCUT2D eigenvalue weighted by molar-refractivity contribution is -0.137. The molecular formula is C24H17NO5S. The Morgan fingerprint density at radius 2 is 1.77 bits per heavy atom. The zero-order chi connectivity index (χ0) is 21.1. The van der Waals surface area contributed by atoms with Gasteiger partial charge in [-0.3, -0.25) is 14.5 Å². The molecule has 2 bridgehead atoms. The van der Waals surface area contributed by atoms with Crippen LogP contribution in [-0.2, 0) is 4.79 Å². The van der Waals surface area contributed by atoms with Crippen molar-refractivity contribution in [3.05, 3.63) is 66.2 Å². The van der Waals surface area contributed by atoms with Crippen LogP contribution in [0.2, 0.25) is 0 Å². The SMILES string of the molecule is COc1ccccc1-c1cc(-c2ccc(C3C4SC(=O)N3C4=O)cc2)cc2c1OCO2. The third kappa shape index (κ3) is 2.66. The van der Waals surface area contributed by atoms with Crippen LogP contribution in [-0.4, -0.2) is 35.2 Å². The van der Waals surface area contributed by atoms with Crippen LogP contribution >= 0.6 is 11.8 Å². The summed E-state index contributed by atoms with van der Waals surface area (Å²) in [5, 5.41) is -0.428. The Bertz CT molecular complexity index is 1230. The molecule has 0 N–H and O–H groups in total. The molecule has 2 unspecified atom stereocenters. The lowest BCUT2D eigenvalue weighted by Crippen LogP contribution is -2.50. The summed E-state index contributed by atoms with van der Waals surface area (Å²) in [4.78, 5) is 25.1. The van der Waals surface area contributed by atoms with E-state index in [1.54, 1.807) is 7.11 Å². The number of amides is 2. The first-order chi connectivity index (χ1) is 15.2. The Morgan fingerprint density at radius 1 is 0.968 bits per heavy atom. The topological polar surface area (TPSA) is 65.1 Å². The number of imide groups is 1. The van der Waals surface area contributed by atoms with Gasteiger partial charge in [0.15, 0.2) is 11.5 Å². The van der Waals surface area contributed by atoms with Crippen molar-refractivity contribution >= 4 is 22.9 Å². The average molecular weight is 431 g/mol. The van der Waals surface area contributed by atoms with Crippen LogP contribution in [0.1, 0.15) is 11.6 Å². The van der Waals surface area contributed by atoms with Crippen molar-refractivity contribution in [2.45, 2.75) is 11.3 Å². The van der Waals surface area contributed by atoms with Gasteiger partial charge >= 0.3 is 0 Å². The Hall–Kier alpha value is -3.45. The highest BCUT2D eigenvalue weighted by atomic mass is 32.2. The maximum Gasteiger partial charge on any atom is 0.289 e.